The van der Waals surface area contributed by atoms with Gasteiger partial charge in [0.15, 0.2) is 5.52 Å². The predicted molar refractivity (Wildman–Crippen MR) is 68.8 cm³/mol. The van der Waals surface area contributed by atoms with Gasteiger partial charge in [-0.15, -0.1) is 0 Å². The van der Waals surface area contributed by atoms with Gasteiger partial charge in [-0.05, 0) is 42.7 Å². The maximum absolute atomic E-state index is 5.75. The molecule has 3 rings (SSSR count). The third kappa shape index (κ3) is 1.84. The minimum absolute atomic E-state index is 0.227. The van der Waals surface area contributed by atoms with Crippen LogP contribution in [0, 0.1) is 6.92 Å². The largest absolute Gasteiger partial charge is 0.372 e. The molecule has 0 saturated carbocycles. The van der Waals surface area contributed by atoms with Crippen molar-refractivity contribution >= 4 is 16.7 Å². The van der Waals surface area contributed by atoms with Gasteiger partial charge in [-0.2, -0.15) is 0 Å². The second kappa shape index (κ2) is 4.24. The van der Waals surface area contributed by atoms with Crippen LogP contribution in [0.5, 0.6) is 0 Å². The number of nitrogens with zero attached hydrogens (tertiary/aromatic N) is 3. The van der Waals surface area contributed by atoms with Crippen molar-refractivity contribution in [1.29, 1.82) is 0 Å². The van der Waals surface area contributed by atoms with E-state index in [0.717, 1.165) is 35.4 Å². The topological polar surface area (TPSA) is 51.4 Å². The Morgan fingerprint density at radius 1 is 1.11 bits per heavy atom. The first-order valence-electron chi connectivity index (χ1n) is 6.27. The van der Waals surface area contributed by atoms with E-state index in [1.807, 2.05) is 6.92 Å². The van der Waals surface area contributed by atoms with Gasteiger partial charge < -0.3 is 9.64 Å². The summed E-state index contributed by atoms with van der Waals surface area (Å²) < 4.78 is 10.6. The molecular weight excluding hydrogens is 230 g/mol. The first kappa shape index (κ1) is 11.5. The molecular formula is C13H17N3O2. The molecule has 1 aromatic heterocycles. The fraction of sp³-hybridized carbons (Fsp3) is 0.538. The smallest absolute Gasteiger partial charge is 0.158 e. The molecule has 0 radical (unpaired) electrons. The highest BCUT2D eigenvalue weighted by molar-refractivity contribution is 5.89. The summed E-state index contributed by atoms with van der Waals surface area (Å²) >= 11 is 0. The van der Waals surface area contributed by atoms with E-state index < -0.39 is 0 Å². The van der Waals surface area contributed by atoms with Gasteiger partial charge in [0.25, 0.3) is 0 Å². The lowest BCUT2D eigenvalue weighted by Gasteiger charge is -2.36. The van der Waals surface area contributed by atoms with Crippen molar-refractivity contribution in [3.63, 3.8) is 0 Å². The summed E-state index contributed by atoms with van der Waals surface area (Å²) in [6, 6.07) is 4.15. The molecule has 1 fully saturated rings. The van der Waals surface area contributed by atoms with Crippen LogP contribution in [-0.2, 0) is 4.74 Å². The molecule has 0 bridgehead atoms. The van der Waals surface area contributed by atoms with Crippen LogP contribution in [0.15, 0.2) is 16.8 Å². The molecule has 1 aromatic carbocycles. The monoisotopic (exact) mass is 247 g/mol. The first-order valence-corrected chi connectivity index (χ1v) is 6.27. The Bertz CT molecular complexity index is 556. The normalized spacial score (nSPS) is 24.7. The Morgan fingerprint density at radius 3 is 2.50 bits per heavy atom. The van der Waals surface area contributed by atoms with Crippen LogP contribution < -0.4 is 4.90 Å². The average molecular weight is 247 g/mol. The van der Waals surface area contributed by atoms with Crippen LogP contribution in [0.3, 0.4) is 0 Å². The van der Waals surface area contributed by atoms with E-state index in [1.165, 1.54) is 0 Å². The van der Waals surface area contributed by atoms with Crippen LogP contribution in [-0.4, -0.2) is 35.6 Å². The van der Waals surface area contributed by atoms with Crippen LogP contribution in [0.1, 0.15) is 19.4 Å². The third-order valence-corrected chi connectivity index (χ3v) is 3.36. The standard InChI is InChI=1S/C13H17N3O2/c1-8-4-5-11(13-12(8)14-18-15-13)16-6-9(2)17-10(3)7-16/h4-5,9-10H,6-7H2,1-3H3. The maximum atomic E-state index is 5.75. The summed E-state index contributed by atoms with van der Waals surface area (Å²) in [6.45, 7) is 7.94. The van der Waals surface area contributed by atoms with E-state index in [4.69, 9.17) is 9.37 Å². The van der Waals surface area contributed by atoms with Crippen molar-refractivity contribution in [2.45, 2.75) is 33.0 Å². The van der Waals surface area contributed by atoms with E-state index in [1.54, 1.807) is 0 Å². The summed E-state index contributed by atoms with van der Waals surface area (Å²) in [6.07, 6.45) is 0.454. The Labute approximate surface area is 106 Å². The minimum atomic E-state index is 0.227. The van der Waals surface area contributed by atoms with E-state index in [9.17, 15) is 0 Å². The van der Waals surface area contributed by atoms with Gasteiger partial charge in [-0.3, -0.25) is 0 Å². The molecule has 0 N–H and O–H groups in total. The third-order valence-electron chi connectivity index (χ3n) is 3.36. The van der Waals surface area contributed by atoms with Crippen molar-refractivity contribution < 1.29 is 9.37 Å². The van der Waals surface area contributed by atoms with Gasteiger partial charge >= 0.3 is 0 Å². The zero-order valence-electron chi connectivity index (χ0n) is 10.9. The summed E-state index contributed by atoms with van der Waals surface area (Å²) in [4.78, 5) is 2.30. The summed E-state index contributed by atoms with van der Waals surface area (Å²) in [5.41, 5.74) is 3.86. The molecule has 0 aliphatic carbocycles. The number of morpholine rings is 1. The second-order valence-electron chi connectivity index (χ2n) is 5.03. The highest BCUT2D eigenvalue weighted by Crippen LogP contribution is 2.28. The van der Waals surface area contributed by atoms with Crippen LogP contribution in [0.2, 0.25) is 0 Å². The molecule has 0 spiro atoms. The number of fused-ring (bicyclic) bond motifs is 1. The Hall–Kier alpha value is -1.62. The number of hydrogen-bond acceptors (Lipinski definition) is 5. The number of anilines is 1. The van der Waals surface area contributed by atoms with E-state index in [-0.39, 0.29) is 12.2 Å². The van der Waals surface area contributed by atoms with Crippen LogP contribution in [0.4, 0.5) is 5.69 Å². The van der Waals surface area contributed by atoms with Gasteiger partial charge in [0.1, 0.15) is 5.52 Å². The SMILES string of the molecule is Cc1ccc(N2CC(C)OC(C)C2)c2nonc12. The van der Waals surface area contributed by atoms with Gasteiger partial charge in [0, 0.05) is 13.1 Å². The van der Waals surface area contributed by atoms with Crippen molar-refractivity contribution in [3.05, 3.63) is 17.7 Å². The first-order chi connectivity index (χ1) is 8.65. The number of ether oxygens (including phenoxy) is 1. The molecule has 2 aromatic rings. The molecule has 96 valence electrons. The van der Waals surface area contributed by atoms with E-state index >= 15 is 0 Å². The van der Waals surface area contributed by atoms with Crippen LogP contribution in [0.25, 0.3) is 11.0 Å². The molecule has 5 heteroatoms. The van der Waals surface area contributed by atoms with Crippen molar-refractivity contribution in [1.82, 2.24) is 10.3 Å². The second-order valence-corrected chi connectivity index (χ2v) is 5.03. The van der Waals surface area contributed by atoms with E-state index in [2.05, 4.69) is 41.2 Å². The quantitative estimate of drug-likeness (QED) is 0.772. The Kier molecular flexibility index (Phi) is 2.70. The number of rotatable bonds is 1. The Balaban J connectivity index is 2.03. The summed E-state index contributed by atoms with van der Waals surface area (Å²) in [5.74, 6) is 0. The molecule has 1 aliphatic heterocycles. The molecule has 18 heavy (non-hydrogen) atoms. The van der Waals surface area contributed by atoms with Gasteiger partial charge in [-0.1, -0.05) is 6.07 Å². The fourth-order valence-electron chi connectivity index (χ4n) is 2.61. The Morgan fingerprint density at radius 2 is 1.78 bits per heavy atom. The fourth-order valence-corrected chi connectivity index (χ4v) is 2.61. The maximum Gasteiger partial charge on any atom is 0.158 e. The lowest BCUT2D eigenvalue weighted by molar-refractivity contribution is -0.00514. The summed E-state index contributed by atoms with van der Waals surface area (Å²) in [5, 5.41) is 8.00. The minimum Gasteiger partial charge on any atom is -0.372 e. The van der Waals surface area contributed by atoms with Gasteiger partial charge in [0.2, 0.25) is 0 Å². The predicted octanol–water partition coefficient (Wildman–Crippen LogP) is 2.14. The molecule has 0 amide bonds. The molecule has 2 atom stereocenters. The highest BCUT2D eigenvalue weighted by Gasteiger charge is 2.24. The summed E-state index contributed by atoms with van der Waals surface area (Å²) in [7, 11) is 0. The lowest BCUT2D eigenvalue weighted by Crippen LogP contribution is -2.45. The van der Waals surface area contributed by atoms with E-state index in [0.29, 0.717) is 0 Å². The molecule has 1 aliphatic rings. The van der Waals surface area contributed by atoms with Crippen molar-refractivity contribution in [2.24, 2.45) is 0 Å². The molecule has 1 saturated heterocycles. The number of benzene rings is 1. The number of aromatic nitrogens is 2. The number of hydrogen-bond donors (Lipinski definition) is 0. The molecule has 5 nitrogen and oxygen atoms in total. The zero-order valence-corrected chi connectivity index (χ0v) is 10.9. The lowest BCUT2D eigenvalue weighted by atomic mass is 10.1. The highest BCUT2D eigenvalue weighted by atomic mass is 16.6. The molecule has 2 heterocycles. The molecule has 2 unspecified atom stereocenters. The average Bonchev–Trinajstić information content (AvgIpc) is 2.77. The zero-order chi connectivity index (χ0) is 12.7. The number of aryl methyl sites for hydroxylation is 1. The van der Waals surface area contributed by atoms with Crippen molar-refractivity contribution in [2.75, 3.05) is 18.0 Å². The van der Waals surface area contributed by atoms with Gasteiger partial charge in [-0.25, -0.2) is 4.63 Å². The van der Waals surface area contributed by atoms with Crippen molar-refractivity contribution in [3.8, 4) is 0 Å². The van der Waals surface area contributed by atoms with Crippen LogP contribution >= 0.6 is 0 Å². The van der Waals surface area contributed by atoms with Gasteiger partial charge in [0.05, 0.1) is 17.9 Å².